The van der Waals surface area contributed by atoms with Crippen molar-refractivity contribution in [2.75, 3.05) is 13.1 Å². The lowest BCUT2D eigenvalue weighted by Gasteiger charge is -2.30. The molecule has 4 nitrogen and oxygen atoms in total. The summed E-state index contributed by atoms with van der Waals surface area (Å²) in [6.07, 6.45) is 6.67. The molecule has 4 heteroatoms. The van der Waals surface area contributed by atoms with Gasteiger partial charge < -0.3 is 4.57 Å². The van der Waals surface area contributed by atoms with Crippen LogP contribution in [0.3, 0.4) is 0 Å². The van der Waals surface area contributed by atoms with Crippen LogP contribution in [0.2, 0.25) is 0 Å². The molecule has 0 N–H and O–H groups in total. The van der Waals surface area contributed by atoms with Gasteiger partial charge in [0.15, 0.2) is 0 Å². The Morgan fingerprint density at radius 2 is 1.84 bits per heavy atom. The fourth-order valence-electron chi connectivity index (χ4n) is 3.21. The summed E-state index contributed by atoms with van der Waals surface area (Å²) < 4.78 is 2.11. The van der Waals surface area contributed by atoms with Crippen LogP contribution in [-0.2, 0) is 13.6 Å². The maximum absolute atomic E-state index is 4.29. The molecule has 1 aromatic rings. The number of hydrogen-bond acceptors (Lipinski definition) is 3. The topological polar surface area (TPSA) is 34.0 Å². The molecule has 0 aromatic carbocycles. The third kappa shape index (κ3) is 3.16. The summed E-state index contributed by atoms with van der Waals surface area (Å²) in [5.74, 6) is 2.10. The Kier molecular flexibility index (Phi) is 4.61. The Morgan fingerprint density at radius 3 is 2.42 bits per heavy atom. The number of hydrogen-bond donors (Lipinski definition) is 0. The van der Waals surface area contributed by atoms with Gasteiger partial charge in [-0.2, -0.15) is 0 Å². The molecule has 0 saturated carbocycles. The van der Waals surface area contributed by atoms with Crippen molar-refractivity contribution in [3.8, 4) is 0 Å². The molecule has 1 aromatic heterocycles. The van der Waals surface area contributed by atoms with Crippen molar-refractivity contribution >= 4 is 0 Å². The highest BCUT2D eigenvalue weighted by Gasteiger charge is 2.29. The molecular weight excluding hydrogens is 236 g/mol. The molecule has 2 heterocycles. The van der Waals surface area contributed by atoms with E-state index in [4.69, 9.17) is 0 Å². The average molecular weight is 264 g/mol. The van der Waals surface area contributed by atoms with Crippen molar-refractivity contribution < 1.29 is 0 Å². The summed E-state index contributed by atoms with van der Waals surface area (Å²) >= 11 is 0. The predicted molar refractivity (Wildman–Crippen MR) is 77.9 cm³/mol. The molecule has 108 valence electrons. The van der Waals surface area contributed by atoms with E-state index in [0.717, 1.165) is 18.2 Å². The second-order valence-electron chi connectivity index (χ2n) is 6.06. The van der Waals surface area contributed by atoms with Crippen LogP contribution in [0.4, 0.5) is 0 Å². The number of rotatable bonds is 4. The molecule has 2 rings (SSSR count). The molecule has 1 fully saturated rings. The summed E-state index contributed by atoms with van der Waals surface area (Å²) in [6, 6.07) is 0. The SMILES string of the molecule is CCC1(CC)CCCN(Cc2nnc(C)n2C)CC1. The molecular formula is C15H28N4. The smallest absolute Gasteiger partial charge is 0.146 e. The van der Waals surface area contributed by atoms with Gasteiger partial charge in [-0.25, -0.2) is 0 Å². The van der Waals surface area contributed by atoms with E-state index in [2.05, 4.69) is 40.6 Å². The second-order valence-corrected chi connectivity index (χ2v) is 6.06. The fourth-order valence-corrected chi connectivity index (χ4v) is 3.21. The fraction of sp³-hybridized carbons (Fsp3) is 0.867. The third-order valence-corrected chi connectivity index (χ3v) is 5.19. The van der Waals surface area contributed by atoms with Crippen LogP contribution in [0.15, 0.2) is 0 Å². The number of aryl methyl sites for hydroxylation is 1. The van der Waals surface area contributed by atoms with Gasteiger partial charge in [-0.3, -0.25) is 4.90 Å². The molecule has 0 amide bonds. The first-order valence-electron chi connectivity index (χ1n) is 7.67. The van der Waals surface area contributed by atoms with E-state index in [1.54, 1.807) is 0 Å². The van der Waals surface area contributed by atoms with E-state index < -0.39 is 0 Å². The van der Waals surface area contributed by atoms with Crippen molar-refractivity contribution in [2.45, 2.75) is 59.4 Å². The Balaban J connectivity index is 1.98. The van der Waals surface area contributed by atoms with E-state index in [9.17, 15) is 0 Å². The zero-order chi connectivity index (χ0) is 13.9. The third-order valence-electron chi connectivity index (χ3n) is 5.19. The van der Waals surface area contributed by atoms with E-state index >= 15 is 0 Å². The first kappa shape index (κ1) is 14.5. The highest BCUT2D eigenvalue weighted by Crippen LogP contribution is 2.38. The van der Waals surface area contributed by atoms with Gasteiger partial charge in [-0.05, 0) is 44.7 Å². The van der Waals surface area contributed by atoms with Gasteiger partial charge in [0.1, 0.15) is 11.6 Å². The summed E-state index contributed by atoms with van der Waals surface area (Å²) in [7, 11) is 2.06. The highest BCUT2D eigenvalue weighted by atomic mass is 15.3. The van der Waals surface area contributed by atoms with E-state index in [-0.39, 0.29) is 0 Å². The molecule has 0 aliphatic carbocycles. The number of likely N-dealkylation sites (tertiary alicyclic amines) is 1. The molecule has 0 spiro atoms. The molecule has 0 bridgehead atoms. The zero-order valence-corrected chi connectivity index (χ0v) is 12.9. The van der Waals surface area contributed by atoms with Crippen molar-refractivity contribution in [1.82, 2.24) is 19.7 Å². The first-order chi connectivity index (χ1) is 9.10. The largest absolute Gasteiger partial charge is 0.317 e. The van der Waals surface area contributed by atoms with Gasteiger partial charge >= 0.3 is 0 Å². The first-order valence-corrected chi connectivity index (χ1v) is 7.67. The lowest BCUT2D eigenvalue weighted by molar-refractivity contribution is 0.207. The minimum Gasteiger partial charge on any atom is -0.317 e. The summed E-state index contributed by atoms with van der Waals surface area (Å²) in [4.78, 5) is 2.55. The van der Waals surface area contributed by atoms with E-state index in [1.165, 1.54) is 45.2 Å². The molecule has 0 atom stereocenters. The Hall–Kier alpha value is -0.900. The number of aromatic nitrogens is 3. The summed E-state index contributed by atoms with van der Waals surface area (Å²) in [5.41, 5.74) is 0.588. The maximum Gasteiger partial charge on any atom is 0.146 e. The standard InChI is InChI=1S/C15H28N4/c1-5-15(6-2)8-7-10-19(11-9-15)12-14-17-16-13(3)18(14)4/h5-12H2,1-4H3. The van der Waals surface area contributed by atoms with Crippen LogP contribution in [0.1, 0.15) is 57.6 Å². The minimum absolute atomic E-state index is 0.588. The van der Waals surface area contributed by atoms with Crippen LogP contribution in [0, 0.1) is 12.3 Å². The Labute approximate surface area is 117 Å². The van der Waals surface area contributed by atoms with E-state index in [0.29, 0.717) is 5.41 Å². The van der Waals surface area contributed by atoms with Crippen molar-refractivity contribution in [1.29, 1.82) is 0 Å². The summed E-state index contributed by atoms with van der Waals surface area (Å²) in [5, 5.41) is 8.44. The van der Waals surface area contributed by atoms with Gasteiger partial charge in [0.05, 0.1) is 6.54 Å². The summed E-state index contributed by atoms with van der Waals surface area (Å²) in [6.45, 7) is 10.1. The van der Waals surface area contributed by atoms with Gasteiger partial charge in [-0.15, -0.1) is 10.2 Å². The van der Waals surface area contributed by atoms with Crippen molar-refractivity contribution in [3.05, 3.63) is 11.6 Å². The zero-order valence-electron chi connectivity index (χ0n) is 12.9. The average Bonchev–Trinajstić information content (AvgIpc) is 2.66. The lowest BCUT2D eigenvalue weighted by atomic mass is 9.76. The normalized spacial score (nSPS) is 20.4. The Bertz CT molecular complexity index is 406. The quantitative estimate of drug-likeness (QED) is 0.838. The minimum atomic E-state index is 0.588. The number of nitrogens with zero attached hydrogens (tertiary/aromatic N) is 4. The second kappa shape index (κ2) is 6.04. The van der Waals surface area contributed by atoms with Crippen molar-refractivity contribution in [3.63, 3.8) is 0 Å². The van der Waals surface area contributed by atoms with Crippen LogP contribution < -0.4 is 0 Å². The Morgan fingerprint density at radius 1 is 1.11 bits per heavy atom. The maximum atomic E-state index is 4.29. The lowest BCUT2D eigenvalue weighted by Crippen LogP contribution is -2.27. The molecule has 1 saturated heterocycles. The van der Waals surface area contributed by atoms with Gasteiger partial charge in [-0.1, -0.05) is 26.7 Å². The highest BCUT2D eigenvalue weighted by molar-refractivity contribution is 4.93. The monoisotopic (exact) mass is 264 g/mol. The van der Waals surface area contributed by atoms with Crippen LogP contribution >= 0.6 is 0 Å². The molecule has 1 aliphatic rings. The van der Waals surface area contributed by atoms with Gasteiger partial charge in [0, 0.05) is 7.05 Å². The van der Waals surface area contributed by atoms with E-state index in [1.807, 2.05) is 6.92 Å². The molecule has 0 unspecified atom stereocenters. The van der Waals surface area contributed by atoms with Gasteiger partial charge in [0.25, 0.3) is 0 Å². The molecule has 0 radical (unpaired) electrons. The van der Waals surface area contributed by atoms with Gasteiger partial charge in [0.2, 0.25) is 0 Å². The predicted octanol–water partition coefficient (Wildman–Crippen LogP) is 2.92. The van der Waals surface area contributed by atoms with Crippen molar-refractivity contribution in [2.24, 2.45) is 12.5 Å². The van der Waals surface area contributed by atoms with Crippen LogP contribution in [0.25, 0.3) is 0 Å². The molecule has 19 heavy (non-hydrogen) atoms. The van der Waals surface area contributed by atoms with Crippen LogP contribution in [-0.4, -0.2) is 32.8 Å². The van der Waals surface area contributed by atoms with Crippen LogP contribution in [0.5, 0.6) is 0 Å². The molecule has 1 aliphatic heterocycles.